The Morgan fingerprint density at radius 3 is 2.72 bits per heavy atom. The molecule has 0 unspecified atom stereocenters. The highest BCUT2D eigenvalue weighted by Gasteiger charge is 2.52. The van der Waals surface area contributed by atoms with Crippen LogP contribution in [0.4, 0.5) is 0 Å². The second kappa shape index (κ2) is 7.66. The van der Waals surface area contributed by atoms with E-state index in [1.807, 2.05) is 54.7 Å². The minimum absolute atomic E-state index is 0.185. The molecule has 2 N–H and O–H groups in total. The summed E-state index contributed by atoms with van der Waals surface area (Å²) in [6, 6.07) is 15.6. The van der Waals surface area contributed by atoms with E-state index in [2.05, 4.69) is 30.7 Å². The summed E-state index contributed by atoms with van der Waals surface area (Å²) in [5, 5.41) is 11.2. The molecule has 3 aromatic rings. The minimum atomic E-state index is -0.774. The molecule has 1 aliphatic heterocycles. The van der Waals surface area contributed by atoms with E-state index in [1.165, 1.54) is 0 Å². The molecule has 32 heavy (non-hydrogen) atoms. The third-order valence-electron chi connectivity index (χ3n) is 7.25. The van der Waals surface area contributed by atoms with Gasteiger partial charge >= 0.3 is 5.97 Å². The maximum absolute atomic E-state index is 12.5. The number of aromatic nitrogens is 1. The van der Waals surface area contributed by atoms with E-state index < -0.39 is 12.0 Å². The average Bonchev–Trinajstić information content (AvgIpc) is 3.24. The van der Waals surface area contributed by atoms with E-state index in [9.17, 15) is 9.90 Å². The summed E-state index contributed by atoms with van der Waals surface area (Å²) in [4.78, 5) is 18.1. The number of hydrogen-bond donors (Lipinski definition) is 2. The number of carboxylic acid groups (broad SMARTS) is 1. The van der Waals surface area contributed by atoms with Gasteiger partial charge < -0.3 is 14.8 Å². The summed E-state index contributed by atoms with van der Waals surface area (Å²) in [6.45, 7) is 8.30. The van der Waals surface area contributed by atoms with E-state index in [0.29, 0.717) is 12.6 Å². The van der Waals surface area contributed by atoms with E-state index in [1.54, 1.807) is 0 Å². The fraction of sp³-hybridized carbons (Fsp3) is 0.444. The number of fused-ring (bicyclic) bond motifs is 3. The number of nitrogens with zero attached hydrogens (tertiary/aromatic N) is 1. The third kappa shape index (κ3) is 3.90. The topological polar surface area (TPSA) is 65.6 Å². The highest BCUT2D eigenvalue weighted by Crippen LogP contribution is 2.54. The maximum atomic E-state index is 12.5. The number of benzene rings is 2. The Kier molecular flexibility index (Phi) is 5.05. The monoisotopic (exact) mass is 432 g/mol. The molecule has 1 saturated carbocycles. The zero-order valence-electron chi connectivity index (χ0n) is 19.1. The number of carboxylic acids is 1. The second-order valence-corrected chi connectivity index (χ2v) is 10.9. The molecule has 0 amide bonds. The van der Waals surface area contributed by atoms with Crippen molar-refractivity contribution >= 4 is 16.9 Å². The first-order valence-corrected chi connectivity index (χ1v) is 11.5. The van der Waals surface area contributed by atoms with Crippen LogP contribution in [0.3, 0.4) is 0 Å². The van der Waals surface area contributed by atoms with Crippen LogP contribution in [0.15, 0.2) is 54.7 Å². The normalized spacial score (nSPS) is 25.7. The molecular weight excluding hydrogens is 400 g/mol. The predicted molar refractivity (Wildman–Crippen MR) is 126 cm³/mol. The smallest absolute Gasteiger partial charge is 0.325 e. The van der Waals surface area contributed by atoms with Gasteiger partial charge in [-0.15, -0.1) is 0 Å². The van der Waals surface area contributed by atoms with Crippen molar-refractivity contribution in [2.75, 3.05) is 6.54 Å². The van der Waals surface area contributed by atoms with Gasteiger partial charge in [0.05, 0.1) is 0 Å². The fourth-order valence-corrected chi connectivity index (χ4v) is 6.44. The molecule has 2 bridgehead atoms. The minimum Gasteiger partial charge on any atom is -0.489 e. The van der Waals surface area contributed by atoms with Gasteiger partial charge in [0.25, 0.3) is 0 Å². The molecule has 2 heterocycles. The van der Waals surface area contributed by atoms with Gasteiger partial charge in [-0.2, -0.15) is 0 Å². The van der Waals surface area contributed by atoms with Crippen molar-refractivity contribution in [1.82, 2.24) is 9.88 Å². The van der Waals surface area contributed by atoms with Crippen molar-refractivity contribution in [3.05, 3.63) is 65.9 Å². The molecule has 2 aliphatic rings. The SMILES string of the molecule is CC1(C)C[C@H]2C[C@@](C)(CN2[C@H](C(=O)O)c2c[nH]c3cc(OCc4ccccc4)ccc23)C1. The Balaban J connectivity index is 1.42. The zero-order chi connectivity index (χ0) is 22.5. The van der Waals surface area contributed by atoms with Crippen molar-refractivity contribution in [3.8, 4) is 5.75 Å². The molecule has 5 rings (SSSR count). The van der Waals surface area contributed by atoms with Crippen LogP contribution in [-0.2, 0) is 11.4 Å². The van der Waals surface area contributed by atoms with Gasteiger partial charge in [0.15, 0.2) is 0 Å². The number of aliphatic carboxylic acids is 1. The molecule has 1 aromatic heterocycles. The predicted octanol–water partition coefficient (Wildman–Crippen LogP) is 5.77. The summed E-state index contributed by atoms with van der Waals surface area (Å²) >= 11 is 0. The van der Waals surface area contributed by atoms with Crippen molar-refractivity contribution in [3.63, 3.8) is 0 Å². The van der Waals surface area contributed by atoms with Gasteiger partial charge in [0.2, 0.25) is 0 Å². The number of H-pyrrole nitrogens is 1. The number of aromatic amines is 1. The van der Waals surface area contributed by atoms with Gasteiger partial charge in [-0.3, -0.25) is 9.69 Å². The number of likely N-dealkylation sites (tertiary alicyclic amines) is 1. The summed E-state index contributed by atoms with van der Waals surface area (Å²) < 4.78 is 5.96. The van der Waals surface area contributed by atoms with Crippen LogP contribution in [0.1, 0.15) is 57.2 Å². The first-order chi connectivity index (χ1) is 15.2. The van der Waals surface area contributed by atoms with Gasteiger partial charge in [-0.1, -0.05) is 51.1 Å². The lowest BCUT2D eigenvalue weighted by atomic mass is 9.65. The molecule has 0 spiro atoms. The van der Waals surface area contributed by atoms with Gasteiger partial charge in [-0.25, -0.2) is 0 Å². The Bertz CT molecular complexity index is 1140. The number of hydrogen-bond acceptors (Lipinski definition) is 3. The molecule has 168 valence electrons. The first-order valence-electron chi connectivity index (χ1n) is 11.5. The van der Waals surface area contributed by atoms with Crippen LogP contribution >= 0.6 is 0 Å². The number of carbonyl (C=O) groups is 1. The first kappa shape index (κ1) is 21.1. The van der Waals surface area contributed by atoms with Crippen molar-refractivity contribution < 1.29 is 14.6 Å². The summed E-state index contributed by atoms with van der Waals surface area (Å²) in [5.41, 5.74) is 3.30. The lowest BCUT2D eigenvalue weighted by Crippen LogP contribution is -2.39. The molecule has 2 fully saturated rings. The summed E-state index contributed by atoms with van der Waals surface area (Å²) in [6.07, 6.45) is 5.15. The van der Waals surface area contributed by atoms with E-state index in [0.717, 1.165) is 53.6 Å². The Morgan fingerprint density at radius 2 is 1.97 bits per heavy atom. The Morgan fingerprint density at radius 1 is 1.19 bits per heavy atom. The number of nitrogens with one attached hydrogen (secondary N) is 1. The molecule has 1 aliphatic carbocycles. The number of ether oxygens (including phenoxy) is 1. The fourth-order valence-electron chi connectivity index (χ4n) is 6.44. The second-order valence-electron chi connectivity index (χ2n) is 10.9. The zero-order valence-corrected chi connectivity index (χ0v) is 19.1. The Hall–Kier alpha value is -2.79. The third-order valence-corrected chi connectivity index (χ3v) is 7.25. The average molecular weight is 433 g/mol. The lowest BCUT2D eigenvalue weighted by molar-refractivity contribution is -0.144. The molecular formula is C27H32N2O3. The molecule has 5 nitrogen and oxygen atoms in total. The molecule has 5 heteroatoms. The standard InChI is InChI=1S/C27H32N2O3/c1-26(2)12-19-13-27(3,16-26)17-29(19)24(25(30)31)22-14-28-23-11-20(9-10-21(22)23)32-15-18-7-5-4-6-8-18/h4-11,14,19,24,28H,12-13,15-17H2,1-3H3,(H,30,31)/t19-,24-,27+/m0/s1. The molecule has 0 radical (unpaired) electrons. The van der Waals surface area contributed by atoms with Crippen LogP contribution in [-0.4, -0.2) is 33.5 Å². The van der Waals surface area contributed by atoms with Crippen LogP contribution < -0.4 is 4.74 Å². The largest absolute Gasteiger partial charge is 0.489 e. The van der Waals surface area contributed by atoms with Crippen molar-refractivity contribution in [2.24, 2.45) is 10.8 Å². The summed E-state index contributed by atoms with van der Waals surface area (Å²) in [7, 11) is 0. The van der Waals surface area contributed by atoms with Crippen molar-refractivity contribution in [2.45, 2.75) is 58.7 Å². The van der Waals surface area contributed by atoms with Crippen LogP contribution in [0.2, 0.25) is 0 Å². The van der Waals surface area contributed by atoms with Gasteiger partial charge in [-0.05, 0) is 47.8 Å². The lowest BCUT2D eigenvalue weighted by Gasteiger charge is -2.40. The molecule has 2 aromatic carbocycles. The Labute approximate surface area is 189 Å². The van der Waals surface area contributed by atoms with E-state index in [-0.39, 0.29) is 10.8 Å². The van der Waals surface area contributed by atoms with Crippen molar-refractivity contribution in [1.29, 1.82) is 0 Å². The van der Waals surface area contributed by atoms with Gasteiger partial charge in [0, 0.05) is 41.3 Å². The summed E-state index contributed by atoms with van der Waals surface area (Å²) in [5.74, 6) is -0.00261. The van der Waals surface area contributed by atoms with Crippen LogP contribution in [0.25, 0.3) is 10.9 Å². The van der Waals surface area contributed by atoms with Crippen LogP contribution in [0, 0.1) is 10.8 Å². The van der Waals surface area contributed by atoms with E-state index in [4.69, 9.17) is 4.74 Å². The maximum Gasteiger partial charge on any atom is 0.325 e. The van der Waals surface area contributed by atoms with Crippen LogP contribution in [0.5, 0.6) is 5.75 Å². The molecule has 3 atom stereocenters. The molecule has 1 saturated heterocycles. The number of rotatable bonds is 6. The van der Waals surface area contributed by atoms with Gasteiger partial charge in [0.1, 0.15) is 18.4 Å². The highest BCUT2D eigenvalue weighted by molar-refractivity contribution is 5.90. The highest BCUT2D eigenvalue weighted by atomic mass is 16.5. The van der Waals surface area contributed by atoms with E-state index >= 15 is 0 Å². The quantitative estimate of drug-likeness (QED) is 0.519.